The van der Waals surface area contributed by atoms with E-state index in [9.17, 15) is 0 Å². The first-order chi connectivity index (χ1) is 15.5. The lowest BCUT2D eigenvalue weighted by Gasteiger charge is -2.09. The Balaban J connectivity index is 0.000000418. The Morgan fingerprint density at radius 1 is 1.22 bits per heavy atom. The molecule has 1 aliphatic rings. The van der Waals surface area contributed by atoms with Crippen LogP contribution in [0, 0.1) is 19.8 Å². The second-order valence-corrected chi connectivity index (χ2v) is 7.37. The topological polar surface area (TPSA) is 87.0 Å². The molecule has 1 aliphatic carbocycles. The molecule has 1 fully saturated rings. The van der Waals surface area contributed by atoms with Gasteiger partial charge in [-0.15, -0.1) is 13.2 Å². The van der Waals surface area contributed by atoms with E-state index in [2.05, 4.69) is 44.6 Å². The van der Waals surface area contributed by atoms with E-state index in [1.165, 1.54) is 12.8 Å². The molecule has 3 aromatic heterocycles. The molecule has 0 bridgehead atoms. The summed E-state index contributed by atoms with van der Waals surface area (Å²) in [5, 5.41) is 7.66. The van der Waals surface area contributed by atoms with Crippen molar-refractivity contribution >= 4 is 5.82 Å². The number of nitrogens with zero attached hydrogens (tertiary/aromatic N) is 5. The Morgan fingerprint density at radius 2 is 2.00 bits per heavy atom. The minimum Gasteiger partial charge on any atom is -0.495 e. The van der Waals surface area contributed by atoms with E-state index < -0.39 is 0 Å². The van der Waals surface area contributed by atoms with Crippen molar-refractivity contribution in [1.29, 1.82) is 0 Å². The van der Waals surface area contributed by atoms with Crippen molar-refractivity contribution in [2.24, 2.45) is 13.0 Å². The van der Waals surface area contributed by atoms with E-state index in [1.807, 2.05) is 43.8 Å². The number of methoxy groups -OCH3 is 1. The summed E-state index contributed by atoms with van der Waals surface area (Å²) in [6.45, 7) is 11.3. The number of ether oxygens (including phenoxy) is 2. The molecule has 8 nitrogen and oxygen atoms in total. The van der Waals surface area contributed by atoms with Gasteiger partial charge in [0.05, 0.1) is 37.8 Å². The molecule has 0 atom stereocenters. The number of pyridine rings is 1. The fraction of sp³-hybridized carbons (Fsp3) is 0.417. The fourth-order valence-corrected chi connectivity index (χ4v) is 2.92. The zero-order valence-corrected chi connectivity index (χ0v) is 19.5. The Labute approximate surface area is 192 Å². The lowest BCUT2D eigenvalue weighted by Crippen LogP contribution is -2.08. The molecule has 0 spiro atoms. The lowest BCUT2D eigenvalue weighted by molar-refractivity contribution is 0.290. The predicted octanol–water partition coefficient (Wildman–Crippen LogP) is 4.76. The summed E-state index contributed by atoms with van der Waals surface area (Å²) in [5.41, 5.74) is 2.13. The Kier molecular flexibility index (Phi) is 10.2. The highest BCUT2D eigenvalue weighted by atomic mass is 16.5. The maximum Gasteiger partial charge on any atom is 0.218 e. The molecule has 0 saturated heterocycles. The van der Waals surface area contributed by atoms with Gasteiger partial charge in [0, 0.05) is 20.7 Å². The van der Waals surface area contributed by atoms with Crippen LogP contribution in [0.4, 0.5) is 5.82 Å². The summed E-state index contributed by atoms with van der Waals surface area (Å²) in [6, 6.07) is 7.61. The summed E-state index contributed by atoms with van der Waals surface area (Å²) in [7, 11) is 3.57. The van der Waals surface area contributed by atoms with E-state index >= 15 is 0 Å². The molecule has 0 unspecified atom stereocenters. The highest BCUT2D eigenvalue weighted by molar-refractivity contribution is 5.38. The summed E-state index contributed by atoms with van der Waals surface area (Å²) >= 11 is 0. The second kappa shape index (κ2) is 13.1. The average Bonchev–Trinajstić information content (AvgIpc) is 3.57. The molecular formula is C24H36N6O2. The van der Waals surface area contributed by atoms with Crippen LogP contribution in [0.3, 0.4) is 0 Å². The van der Waals surface area contributed by atoms with Crippen molar-refractivity contribution in [3.63, 3.8) is 0 Å². The third kappa shape index (κ3) is 8.75. The Hall–Kier alpha value is -3.42. The van der Waals surface area contributed by atoms with Gasteiger partial charge in [0.2, 0.25) is 5.88 Å². The molecule has 8 heteroatoms. The molecule has 0 amide bonds. The Morgan fingerprint density at radius 3 is 2.56 bits per heavy atom. The van der Waals surface area contributed by atoms with Crippen LogP contribution in [0.1, 0.15) is 37.9 Å². The van der Waals surface area contributed by atoms with Crippen molar-refractivity contribution in [2.45, 2.75) is 39.7 Å². The maximum atomic E-state index is 5.75. The average molecular weight is 441 g/mol. The van der Waals surface area contributed by atoms with Crippen LogP contribution in [0.2, 0.25) is 0 Å². The molecule has 3 heterocycles. The van der Waals surface area contributed by atoms with Crippen molar-refractivity contribution in [3.05, 3.63) is 67.0 Å². The van der Waals surface area contributed by atoms with Crippen LogP contribution < -0.4 is 14.8 Å². The van der Waals surface area contributed by atoms with E-state index in [0.29, 0.717) is 18.2 Å². The first-order valence-corrected chi connectivity index (χ1v) is 10.7. The quantitative estimate of drug-likeness (QED) is 0.506. The second-order valence-electron chi connectivity index (χ2n) is 7.37. The highest BCUT2D eigenvalue weighted by Crippen LogP contribution is 2.32. The number of hydrogen-bond donors (Lipinski definition) is 1. The van der Waals surface area contributed by atoms with E-state index in [4.69, 9.17) is 9.47 Å². The third-order valence-electron chi connectivity index (χ3n) is 4.71. The maximum absolute atomic E-state index is 5.75. The molecule has 0 aliphatic heterocycles. The van der Waals surface area contributed by atoms with Crippen molar-refractivity contribution in [2.75, 3.05) is 19.0 Å². The van der Waals surface area contributed by atoms with Gasteiger partial charge in [0.25, 0.3) is 0 Å². The van der Waals surface area contributed by atoms with Gasteiger partial charge in [-0.3, -0.25) is 9.67 Å². The molecule has 3 aromatic rings. The third-order valence-corrected chi connectivity index (χ3v) is 4.71. The van der Waals surface area contributed by atoms with E-state index in [-0.39, 0.29) is 1.43 Å². The number of anilines is 1. The summed E-state index contributed by atoms with van der Waals surface area (Å²) in [5.74, 6) is 3.82. The molecule has 0 aromatic carbocycles. The molecule has 1 saturated carbocycles. The van der Waals surface area contributed by atoms with Crippen LogP contribution in [-0.2, 0) is 13.6 Å². The molecule has 0 radical (unpaired) electrons. The zero-order chi connectivity index (χ0) is 23.3. The first-order valence-electron chi connectivity index (χ1n) is 10.7. The summed E-state index contributed by atoms with van der Waals surface area (Å²) in [4.78, 5) is 12.6. The van der Waals surface area contributed by atoms with Gasteiger partial charge in [-0.25, -0.2) is 4.98 Å². The molecule has 32 heavy (non-hydrogen) atoms. The number of aromatic nitrogens is 5. The number of hydrogen-bond acceptors (Lipinski definition) is 7. The summed E-state index contributed by atoms with van der Waals surface area (Å²) in [6.07, 6.45) is 7.20. The van der Waals surface area contributed by atoms with Crippen LogP contribution in [-0.4, -0.2) is 38.4 Å². The smallest absolute Gasteiger partial charge is 0.218 e. The molecule has 174 valence electrons. The van der Waals surface area contributed by atoms with Gasteiger partial charge in [-0.05, 0) is 44.4 Å². The normalized spacial score (nSPS) is 12.0. The number of nitrogens with one attached hydrogen (secondary N) is 1. The van der Waals surface area contributed by atoms with Gasteiger partial charge >= 0.3 is 0 Å². The van der Waals surface area contributed by atoms with Crippen LogP contribution in [0.25, 0.3) is 0 Å². The lowest BCUT2D eigenvalue weighted by atomic mass is 10.3. The zero-order valence-electron chi connectivity index (χ0n) is 19.5. The molecular weight excluding hydrogens is 404 g/mol. The monoisotopic (exact) mass is 440 g/mol. The minimum absolute atomic E-state index is 0. The van der Waals surface area contributed by atoms with Crippen LogP contribution in [0.5, 0.6) is 11.6 Å². The predicted molar refractivity (Wildman–Crippen MR) is 129 cm³/mol. The molecule has 4 rings (SSSR count). The SMILES string of the molecule is C=C.COc1cccnc1.Cc1cc(CNc2cc(OCCC3CC3)nc(C)n2)n(C)n1.[HH]. The van der Waals surface area contributed by atoms with Crippen LogP contribution in [0.15, 0.2) is 49.8 Å². The minimum atomic E-state index is 0. The number of aryl methyl sites for hydroxylation is 3. The van der Waals surface area contributed by atoms with E-state index in [0.717, 1.165) is 41.9 Å². The van der Waals surface area contributed by atoms with E-state index in [1.54, 1.807) is 19.5 Å². The van der Waals surface area contributed by atoms with Gasteiger partial charge in [-0.2, -0.15) is 10.1 Å². The first kappa shape index (κ1) is 24.8. The highest BCUT2D eigenvalue weighted by Gasteiger charge is 2.20. The van der Waals surface area contributed by atoms with Crippen molar-refractivity contribution in [3.8, 4) is 11.6 Å². The van der Waals surface area contributed by atoms with Crippen LogP contribution >= 0.6 is 0 Å². The molecule has 1 N–H and O–H groups in total. The van der Waals surface area contributed by atoms with Gasteiger partial charge in [0.1, 0.15) is 17.4 Å². The summed E-state index contributed by atoms with van der Waals surface area (Å²) < 4.78 is 12.5. The standard InChI is InChI=1S/C16H23N5O.C6H7NO.C2H4.H2/c1-11-8-14(21(3)20-11)10-17-15-9-16(19-12(2)18-15)22-7-6-13-4-5-13;1-8-6-3-2-4-7-5-6;1-2;/h8-9,13H,4-7,10H2,1-3H3,(H,17,18,19);2-5H,1H3;1-2H2;1H. The largest absolute Gasteiger partial charge is 0.495 e. The Bertz CT molecular complexity index is 947. The van der Waals surface area contributed by atoms with Gasteiger partial charge in [0.15, 0.2) is 0 Å². The number of rotatable bonds is 8. The fourth-order valence-electron chi connectivity index (χ4n) is 2.92. The van der Waals surface area contributed by atoms with Gasteiger partial charge in [-0.1, -0.05) is 12.8 Å². The van der Waals surface area contributed by atoms with Crippen molar-refractivity contribution in [1.82, 2.24) is 24.7 Å². The van der Waals surface area contributed by atoms with Crippen molar-refractivity contribution < 1.29 is 10.9 Å². The van der Waals surface area contributed by atoms with Gasteiger partial charge < -0.3 is 14.8 Å².